The molecular weight excluding hydrogens is 266 g/mol. The molecule has 0 amide bonds. The van der Waals surface area contributed by atoms with Gasteiger partial charge in [-0.15, -0.1) is 6.58 Å². The zero-order chi connectivity index (χ0) is 14.3. The molecule has 0 atom stereocenters. The fraction of sp³-hybridized carbons (Fsp3) is 0.385. The van der Waals surface area contributed by atoms with Gasteiger partial charge in [0.1, 0.15) is 0 Å². The summed E-state index contributed by atoms with van der Waals surface area (Å²) in [5.41, 5.74) is 0. The molecule has 0 spiro atoms. The van der Waals surface area contributed by atoms with E-state index in [1.807, 2.05) is 13.8 Å². The molecule has 1 aromatic carbocycles. The second-order valence-electron chi connectivity index (χ2n) is 3.62. The first-order chi connectivity index (χ1) is 9.05. The van der Waals surface area contributed by atoms with E-state index < -0.39 is 10.0 Å². The molecule has 0 radical (unpaired) electrons. The van der Waals surface area contributed by atoms with Gasteiger partial charge in [-0.3, -0.25) is 0 Å². The van der Waals surface area contributed by atoms with E-state index >= 15 is 0 Å². The van der Waals surface area contributed by atoms with E-state index in [2.05, 4.69) is 11.3 Å². The summed E-state index contributed by atoms with van der Waals surface area (Å²) in [7, 11) is -3.55. The number of benzene rings is 1. The molecule has 106 valence electrons. The number of ether oxygens (including phenoxy) is 2. The lowest BCUT2D eigenvalue weighted by molar-refractivity contribution is 0.287. The predicted octanol–water partition coefficient (Wildman–Crippen LogP) is 1.95. The molecule has 0 aliphatic rings. The Bertz CT molecular complexity index is 525. The van der Waals surface area contributed by atoms with Crippen molar-refractivity contribution in [3.8, 4) is 11.5 Å². The molecule has 1 rings (SSSR count). The van der Waals surface area contributed by atoms with Gasteiger partial charge in [0.2, 0.25) is 10.0 Å². The fourth-order valence-electron chi connectivity index (χ4n) is 1.45. The van der Waals surface area contributed by atoms with Crippen LogP contribution in [-0.4, -0.2) is 28.2 Å². The highest BCUT2D eigenvalue weighted by Crippen LogP contribution is 2.30. The number of hydrogen-bond acceptors (Lipinski definition) is 4. The average molecular weight is 285 g/mol. The Balaban J connectivity index is 3.09. The van der Waals surface area contributed by atoms with Crippen LogP contribution in [-0.2, 0) is 10.0 Å². The molecule has 0 unspecified atom stereocenters. The van der Waals surface area contributed by atoms with Crippen LogP contribution in [0.2, 0.25) is 0 Å². The lowest BCUT2D eigenvalue weighted by Gasteiger charge is -2.12. The van der Waals surface area contributed by atoms with Crippen molar-refractivity contribution in [2.75, 3.05) is 19.8 Å². The molecule has 0 saturated carbocycles. The van der Waals surface area contributed by atoms with Crippen LogP contribution in [0, 0.1) is 0 Å². The highest BCUT2D eigenvalue weighted by atomic mass is 32.2. The molecule has 0 aliphatic heterocycles. The summed E-state index contributed by atoms with van der Waals surface area (Å²) in [6.45, 7) is 8.25. The molecule has 19 heavy (non-hydrogen) atoms. The van der Waals surface area contributed by atoms with Crippen LogP contribution in [0.5, 0.6) is 11.5 Å². The second kappa shape index (κ2) is 7.16. The van der Waals surface area contributed by atoms with Gasteiger partial charge in [-0.05, 0) is 26.0 Å². The lowest BCUT2D eigenvalue weighted by atomic mass is 10.3. The minimum atomic E-state index is -3.55. The molecule has 1 aromatic rings. The highest BCUT2D eigenvalue weighted by Gasteiger charge is 2.16. The van der Waals surface area contributed by atoms with Crippen molar-refractivity contribution in [3.05, 3.63) is 30.9 Å². The van der Waals surface area contributed by atoms with Crippen molar-refractivity contribution < 1.29 is 17.9 Å². The van der Waals surface area contributed by atoms with Crippen LogP contribution in [0.3, 0.4) is 0 Å². The molecule has 0 aliphatic carbocycles. The van der Waals surface area contributed by atoms with Crippen molar-refractivity contribution in [1.82, 2.24) is 4.72 Å². The smallest absolute Gasteiger partial charge is 0.240 e. The van der Waals surface area contributed by atoms with E-state index in [1.165, 1.54) is 18.2 Å². The Kier molecular flexibility index (Phi) is 5.85. The first kappa shape index (κ1) is 15.5. The normalized spacial score (nSPS) is 11.1. The van der Waals surface area contributed by atoms with Gasteiger partial charge in [0.15, 0.2) is 11.5 Å². The van der Waals surface area contributed by atoms with Gasteiger partial charge in [-0.1, -0.05) is 6.08 Å². The Morgan fingerprint density at radius 1 is 1.21 bits per heavy atom. The summed E-state index contributed by atoms with van der Waals surface area (Å²) in [4.78, 5) is 0.140. The zero-order valence-electron chi connectivity index (χ0n) is 11.2. The maximum absolute atomic E-state index is 12.0. The van der Waals surface area contributed by atoms with Crippen molar-refractivity contribution in [2.24, 2.45) is 0 Å². The van der Waals surface area contributed by atoms with E-state index in [0.717, 1.165) is 0 Å². The van der Waals surface area contributed by atoms with E-state index in [4.69, 9.17) is 9.47 Å². The summed E-state index contributed by atoms with van der Waals surface area (Å²) in [6.07, 6.45) is 1.48. The predicted molar refractivity (Wildman–Crippen MR) is 74.2 cm³/mol. The van der Waals surface area contributed by atoms with Gasteiger partial charge < -0.3 is 9.47 Å². The van der Waals surface area contributed by atoms with E-state index in [-0.39, 0.29) is 11.4 Å². The van der Waals surface area contributed by atoms with E-state index in [9.17, 15) is 8.42 Å². The summed E-state index contributed by atoms with van der Waals surface area (Å²) in [5, 5.41) is 0. The van der Waals surface area contributed by atoms with Crippen LogP contribution in [0.1, 0.15) is 13.8 Å². The maximum atomic E-state index is 12.0. The van der Waals surface area contributed by atoms with Crippen LogP contribution in [0.4, 0.5) is 0 Å². The third-order valence-corrected chi connectivity index (χ3v) is 3.66. The highest BCUT2D eigenvalue weighted by molar-refractivity contribution is 7.89. The zero-order valence-corrected chi connectivity index (χ0v) is 12.0. The molecule has 0 saturated heterocycles. The Hall–Kier alpha value is -1.53. The Labute approximate surface area is 114 Å². The van der Waals surface area contributed by atoms with Gasteiger partial charge in [0, 0.05) is 12.6 Å². The number of rotatable bonds is 8. The van der Waals surface area contributed by atoms with Crippen molar-refractivity contribution in [3.63, 3.8) is 0 Å². The minimum absolute atomic E-state index is 0.140. The average Bonchev–Trinajstić information content (AvgIpc) is 2.39. The van der Waals surface area contributed by atoms with Crippen molar-refractivity contribution in [1.29, 1.82) is 0 Å². The topological polar surface area (TPSA) is 64.6 Å². The Morgan fingerprint density at radius 2 is 1.84 bits per heavy atom. The van der Waals surface area contributed by atoms with Gasteiger partial charge in [0.25, 0.3) is 0 Å². The molecule has 0 heterocycles. The second-order valence-corrected chi connectivity index (χ2v) is 5.38. The number of nitrogens with one attached hydrogen (secondary N) is 1. The van der Waals surface area contributed by atoms with Crippen LogP contribution in [0.25, 0.3) is 0 Å². The van der Waals surface area contributed by atoms with E-state index in [0.29, 0.717) is 24.7 Å². The van der Waals surface area contributed by atoms with Crippen LogP contribution < -0.4 is 14.2 Å². The molecule has 6 heteroatoms. The third kappa shape index (κ3) is 4.25. The maximum Gasteiger partial charge on any atom is 0.240 e. The van der Waals surface area contributed by atoms with Crippen LogP contribution >= 0.6 is 0 Å². The summed E-state index contributed by atoms with van der Waals surface area (Å²) in [6, 6.07) is 4.54. The summed E-state index contributed by atoms with van der Waals surface area (Å²) >= 11 is 0. The molecule has 0 aromatic heterocycles. The molecule has 0 bridgehead atoms. The first-order valence-corrected chi connectivity index (χ1v) is 7.53. The Morgan fingerprint density at radius 3 is 2.42 bits per heavy atom. The number of sulfonamides is 1. The summed E-state index contributed by atoms with van der Waals surface area (Å²) in [5.74, 6) is 0.956. The SMILES string of the molecule is C=CCNS(=O)(=O)c1ccc(OCC)c(OCC)c1. The van der Waals surface area contributed by atoms with Gasteiger partial charge in [-0.25, -0.2) is 13.1 Å². The van der Waals surface area contributed by atoms with Gasteiger partial charge in [-0.2, -0.15) is 0 Å². The van der Waals surface area contributed by atoms with Crippen LogP contribution in [0.15, 0.2) is 35.7 Å². The molecular formula is C13H19NO4S. The van der Waals surface area contributed by atoms with Crippen molar-refractivity contribution >= 4 is 10.0 Å². The van der Waals surface area contributed by atoms with Gasteiger partial charge >= 0.3 is 0 Å². The standard InChI is InChI=1S/C13H19NO4S/c1-4-9-14-19(15,16)11-7-8-12(17-5-2)13(10-11)18-6-3/h4,7-8,10,14H,1,5-6,9H2,2-3H3. The first-order valence-electron chi connectivity index (χ1n) is 6.05. The lowest BCUT2D eigenvalue weighted by Crippen LogP contribution is -2.23. The monoisotopic (exact) mass is 285 g/mol. The van der Waals surface area contributed by atoms with Gasteiger partial charge in [0.05, 0.1) is 18.1 Å². The van der Waals surface area contributed by atoms with Crippen molar-refractivity contribution in [2.45, 2.75) is 18.7 Å². The number of hydrogen-bond donors (Lipinski definition) is 1. The quantitative estimate of drug-likeness (QED) is 0.741. The third-order valence-electron chi connectivity index (χ3n) is 2.24. The molecule has 5 nitrogen and oxygen atoms in total. The largest absolute Gasteiger partial charge is 0.490 e. The fourth-order valence-corrected chi connectivity index (χ4v) is 2.46. The molecule has 0 fully saturated rings. The minimum Gasteiger partial charge on any atom is -0.490 e. The summed E-state index contributed by atoms with van der Waals surface area (Å²) < 4.78 is 37.1. The molecule has 1 N–H and O–H groups in total. The van der Waals surface area contributed by atoms with E-state index in [1.54, 1.807) is 6.07 Å².